The molecular weight excluding hydrogens is 228 g/mol. The fourth-order valence-corrected chi connectivity index (χ4v) is 3.23. The van der Waals surface area contributed by atoms with E-state index in [1.54, 1.807) is 14.0 Å². The molecule has 0 bridgehead atoms. The Kier molecular flexibility index (Phi) is 2.96. The van der Waals surface area contributed by atoms with Crippen molar-refractivity contribution in [1.29, 1.82) is 0 Å². The zero-order chi connectivity index (χ0) is 11.8. The van der Waals surface area contributed by atoms with Crippen LogP contribution in [0.15, 0.2) is 28.2 Å². The van der Waals surface area contributed by atoms with Crippen LogP contribution < -0.4 is 4.72 Å². The van der Waals surface area contributed by atoms with Crippen molar-refractivity contribution in [3.63, 3.8) is 0 Å². The number of hydrogen-bond donors (Lipinski definition) is 1. The molecule has 0 aromatic carbocycles. The van der Waals surface area contributed by atoms with Gasteiger partial charge in [0.15, 0.2) is 0 Å². The third kappa shape index (κ3) is 2.09. The first-order valence-electron chi connectivity index (χ1n) is 4.98. The molecule has 0 aromatic heterocycles. The van der Waals surface area contributed by atoms with Gasteiger partial charge in [-0.2, -0.15) is 17.5 Å². The fraction of sp³-hybridized carbons (Fsp3) is 0.500. The van der Waals surface area contributed by atoms with E-state index >= 15 is 0 Å². The lowest BCUT2D eigenvalue weighted by Crippen LogP contribution is -2.47. The molecule has 0 fully saturated rings. The Morgan fingerprint density at radius 1 is 1.56 bits per heavy atom. The molecule has 5 nitrogen and oxygen atoms in total. The van der Waals surface area contributed by atoms with E-state index in [1.807, 2.05) is 18.2 Å². The summed E-state index contributed by atoms with van der Waals surface area (Å²) in [7, 11) is -1.90. The van der Waals surface area contributed by atoms with Gasteiger partial charge in [-0.05, 0) is 12.5 Å². The summed E-state index contributed by atoms with van der Waals surface area (Å²) in [5.41, 5.74) is 1.65. The molecule has 1 aliphatic carbocycles. The molecule has 0 radical (unpaired) electrons. The largest absolute Gasteiger partial charge is 0.380 e. The van der Waals surface area contributed by atoms with E-state index in [0.29, 0.717) is 12.3 Å². The predicted molar refractivity (Wildman–Crippen MR) is 61.5 cm³/mol. The van der Waals surface area contributed by atoms with E-state index in [0.717, 1.165) is 5.57 Å². The summed E-state index contributed by atoms with van der Waals surface area (Å²) in [4.78, 5) is 0. The number of methoxy groups -OCH3 is 1. The van der Waals surface area contributed by atoms with Crippen LogP contribution in [0.3, 0.4) is 0 Å². The predicted octanol–water partition coefficient (Wildman–Crippen LogP) is 0.423. The molecule has 88 valence electrons. The number of hydrogen-bond acceptors (Lipinski definition) is 3. The van der Waals surface area contributed by atoms with Crippen molar-refractivity contribution in [3.05, 3.63) is 23.8 Å². The Balaban J connectivity index is 2.38. The highest BCUT2D eigenvalue weighted by atomic mass is 32.2. The minimum Gasteiger partial charge on any atom is -0.380 e. The first-order valence-corrected chi connectivity index (χ1v) is 6.42. The lowest BCUT2D eigenvalue weighted by atomic mass is 9.85. The normalized spacial score (nSPS) is 31.6. The molecule has 6 heteroatoms. The van der Waals surface area contributed by atoms with E-state index in [-0.39, 0.29) is 12.0 Å². The SMILES string of the molecule is COCC1=CC=CC2NS(=O)(=O)N=C(C)C12. The Morgan fingerprint density at radius 2 is 2.31 bits per heavy atom. The molecule has 2 aliphatic rings. The number of fused-ring (bicyclic) bond motifs is 1. The molecule has 0 aromatic rings. The van der Waals surface area contributed by atoms with E-state index in [1.165, 1.54) is 0 Å². The Labute approximate surface area is 95.1 Å². The molecule has 0 amide bonds. The average molecular weight is 242 g/mol. The summed E-state index contributed by atoms with van der Waals surface area (Å²) < 4.78 is 34.1. The Hall–Kier alpha value is -0.980. The summed E-state index contributed by atoms with van der Waals surface area (Å²) in [5.74, 6) is -0.0199. The van der Waals surface area contributed by atoms with Crippen LogP contribution in [0.4, 0.5) is 0 Å². The number of nitrogens with one attached hydrogen (secondary N) is 1. The van der Waals surface area contributed by atoms with Gasteiger partial charge in [-0.15, -0.1) is 0 Å². The van der Waals surface area contributed by atoms with Gasteiger partial charge in [0.25, 0.3) is 0 Å². The summed E-state index contributed by atoms with van der Waals surface area (Å²) in [5, 5.41) is 0. The van der Waals surface area contributed by atoms with Gasteiger partial charge < -0.3 is 4.74 Å². The van der Waals surface area contributed by atoms with Gasteiger partial charge >= 0.3 is 10.2 Å². The standard InChI is InChI=1S/C10H14N2O3S/c1-7-10-8(6-15-2)4-3-5-9(10)12-16(13,14)11-7/h3-5,9-10,12H,6H2,1-2H3. The molecule has 0 saturated carbocycles. The summed E-state index contributed by atoms with van der Waals surface area (Å²) >= 11 is 0. The van der Waals surface area contributed by atoms with Gasteiger partial charge in [-0.25, -0.2) is 0 Å². The maximum absolute atomic E-state index is 11.4. The smallest absolute Gasteiger partial charge is 0.320 e. The Morgan fingerprint density at radius 3 is 3.00 bits per heavy atom. The highest BCUT2D eigenvalue weighted by molar-refractivity contribution is 7.88. The maximum Gasteiger partial charge on any atom is 0.320 e. The molecular formula is C10H14N2O3S. The first-order chi connectivity index (χ1) is 7.53. The average Bonchev–Trinajstić information content (AvgIpc) is 2.15. The third-order valence-electron chi connectivity index (χ3n) is 2.70. The molecule has 1 aliphatic heterocycles. The second-order valence-corrected chi connectivity index (χ2v) is 5.26. The van der Waals surface area contributed by atoms with Crippen LogP contribution in [0.1, 0.15) is 6.92 Å². The summed E-state index contributed by atoms with van der Waals surface area (Å²) in [6.07, 6.45) is 5.62. The molecule has 2 rings (SSSR count). The van der Waals surface area contributed by atoms with Crippen LogP contribution in [0.2, 0.25) is 0 Å². The van der Waals surface area contributed by atoms with Crippen LogP contribution in [-0.2, 0) is 14.9 Å². The van der Waals surface area contributed by atoms with E-state index in [2.05, 4.69) is 9.12 Å². The van der Waals surface area contributed by atoms with E-state index in [4.69, 9.17) is 4.74 Å². The zero-order valence-electron chi connectivity index (χ0n) is 9.17. The molecule has 2 unspecified atom stereocenters. The Bertz CT molecular complexity index is 476. The minimum atomic E-state index is -3.52. The lowest BCUT2D eigenvalue weighted by molar-refractivity contribution is 0.218. The van der Waals surface area contributed by atoms with E-state index in [9.17, 15) is 8.42 Å². The number of ether oxygens (including phenoxy) is 1. The number of rotatable bonds is 2. The molecule has 0 spiro atoms. The lowest BCUT2D eigenvalue weighted by Gasteiger charge is -2.32. The fourth-order valence-electron chi connectivity index (χ4n) is 2.13. The first kappa shape index (κ1) is 11.5. The second kappa shape index (κ2) is 4.12. The van der Waals surface area contributed by atoms with Crippen LogP contribution in [0, 0.1) is 5.92 Å². The highest BCUT2D eigenvalue weighted by Crippen LogP contribution is 2.26. The summed E-state index contributed by atoms with van der Waals surface area (Å²) in [6.45, 7) is 2.22. The summed E-state index contributed by atoms with van der Waals surface area (Å²) in [6, 6.07) is -0.238. The van der Waals surface area contributed by atoms with Crippen molar-refractivity contribution in [3.8, 4) is 0 Å². The van der Waals surface area contributed by atoms with Crippen molar-refractivity contribution in [1.82, 2.24) is 4.72 Å². The van der Waals surface area contributed by atoms with E-state index < -0.39 is 10.2 Å². The molecule has 1 N–H and O–H groups in total. The molecule has 2 atom stereocenters. The van der Waals surface area contributed by atoms with Crippen molar-refractivity contribution >= 4 is 15.9 Å². The zero-order valence-corrected chi connectivity index (χ0v) is 9.99. The second-order valence-electron chi connectivity index (χ2n) is 3.89. The van der Waals surface area contributed by atoms with Crippen LogP contribution >= 0.6 is 0 Å². The van der Waals surface area contributed by atoms with Gasteiger partial charge in [-0.1, -0.05) is 18.2 Å². The van der Waals surface area contributed by atoms with Crippen molar-refractivity contribution in [2.24, 2.45) is 10.3 Å². The van der Waals surface area contributed by atoms with Crippen molar-refractivity contribution in [2.75, 3.05) is 13.7 Å². The maximum atomic E-state index is 11.4. The van der Waals surface area contributed by atoms with Gasteiger partial charge in [0, 0.05) is 18.7 Å². The minimum absolute atomic E-state index is 0.0199. The topological polar surface area (TPSA) is 67.8 Å². The van der Waals surface area contributed by atoms with Crippen LogP contribution in [0.25, 0.3) is 0 Å². The van der Waals surface area contributed by atoms with Crippen LogP contribution in [0.5, 0.6) is 0 Å². The van der Waals surface area contributed by atoms with Gasteiger partial charge in [0.1, 0.15) is 0 Å². The van der Waals surface area contributed by atoms with Crippen molar-refractivity contribution in [2.45, 2.75) is 13.0 Å². The van der Waals surface area contributed by atoms with Gasteiger partial charge in [0.2, 0.25) is 0 Å². The third-order valence-corrected chi connectivity index (χ3v) is 3.80. The monoisotopic (exact) mass is 242 g/mol. The quantitative estimate of drug-likeness (QED) is 0.763. The highest BCUT2D eigenvalue weighted by Gasteiger charge is 2.35. The number of nitrogens with zero attached hydrogens (tertiary/aromatic N) is 1. The van der Waals surface area contributed by atoms with Gasteiger partial charge in [0.05, 0.1) is 12.6 Å². The van der Waals surface area contributed by atoms with Crippen molar-refractivity contribution < 1.29 is 13.2 Å². The molecule has 1 heterocycles. The van der Waals surface area contributed by atoms with Crippen LogP contribution in [-0.4, -0.2) is 33.9 Å². The van der Waals surface area contributed by atoms with Gasteiger partial charge in [-0.3, -0.25) is 0 Å². The molecule has 16 heavy (non-hydrogen) atoms. The molecule has 0 saturated heterocycles. The number of allylic oxidation sites excluding steroid dienone is 2.